The Bertz CT molecular complexity index is 517. The Hall–Kier alpha value is -1.71. The molecule has 0 radical (unpaired) electrons. The molecule has 0 fully saturated rings. The van der Waals surface area contributed by atoms with E-state index in [0.29, 0.717) is 23.5 Å². The van der Waals surface area contributed by atoms with Gasteiger partial charge in [-0.3, -0.25) is 0 Å². The number of carbonyl (C=O) groups is 1. The fraction of sp³-hybridized carbons (Fsp3) is 0.696. The van der Waals surface area contributed by atoms with Crippen molar-refractivity contribution in [1.82, 2.24) is 0 Å². The molecule has 0 bridgehead atoms. The number of carbonyl (C=O) groups excluding carboxylic acids is 1. The second-order valence-corrected chi connectivity index (χ2v) is 7.58. The van der Waals surface area contributed by atoms with E-state index < -0.39 is 0 Å². The smallest absolute Gasteiger partial charge is 0.340 e. The molecule has 0 aliphatic carbocycles. The molecule has 27 heavy (non-hydrogen) atoms. The minimum Gasteiger partial charge on any atom is -0.462 e. The zero-order chi connectivity index (χ0) is 19.7. The number of rotatable bonds is 16. The van der Waals surface area contributed by atoms with E-state index in [2.05, 4.69) is 6.92 Å². The van der Waals surface area contributed by atoms with Gasteiger partial charge in [0.05, 0.1) is 12.2 Å². The van der Waals surface area contributed by atoms with Gasteiger partial charge in [-0.05, 0) is 24.6 Å². The fourth-order valence-corrected chi connectivity index (χ4v) is 3.29. The van der Waals surface area contributed by atoms with Crippen LogP contribution in [-0.4, -0.2) is 12.6 Å². The Kier molecular flexibility index (Phi) is 13.3. The minimum atomic E-state index is -0.380. The highest BCUT2D eigenvalue weighted by Gasteiger charge is 2.11. The van der Waals surface area contributed by atoms with Crippen LogP contribution < -0.4 is 11.5 Å². The number of esters is 1. The normalized spacial score (nSPS) is 10.9. The Morgan fingerprint density at radius 1 is 0.778 bits per heavy atom. The molecule has 154 valence electrons. The fourth-order valence-electron chi connectivity index (χ4n) is 3.29. The second kappa shape index (κ2) is 15.4. The standard InChI is InChI=1S/C23H40N2O2/c1-2-3-4-5-6-7-8-9-10-11-12-13-14-15-18-27-23(26)21-19-20(24)16-17-22(21)25/h16-17,19H,2-15,18,24-25H2,1H3. The van der Waals surface area contributed by atoms with Gasteiger partial charge in [-0.15, -0.1) is 0 Å². The van der Waals surface area contributed by atoms with Crippen LogP contribution >= 0.6 is 0 Å². The third-order valence-electron chi connectivity index (χ3n) is 5.03. The highest BCUT2D eigenvalue weighted by molar-refractivity contribution is 5.96. The van der Waals surface area contributed by atoms with Crippen LogP contribution in [0, 0.1) is 0 Å². The van der Waals surface area contributed by atoms with Gasteiger partial charge in [0, 0.05) is 11.4 Å². The highest BCUT2D eigenvalue weighted by atomic mass is 16.5. The Labute approximate surface area is 166 Å². The van der Waals surface area contributed by atoms with Gasteiger partial charge < -0.3 is 16.2 Å². The average Bonchev–Trinajstić information content (AvgIpc) is 2.66. The molecule has 1 rings (SSSR count). The minimum absolute atomic E-state index is 0.361. The molecule has 0 heterocycles. The number of benzene rings is 1. The summed E-state index contributed by atoms with van der Waals surface area (Å²) >= 11 is 0. The predicted molar refractivity (Wildman–Crippen MR) is 116 cm³/mol. The van der Waals surface area contributed by atoms with Crippen LogP contribution in [-0.2, 0) is 4.74 Å². The SMILES string of the molecule is CCCCCCCCCCCCCCCCOC(=O)c1cc(N)ccc1N. The summed E-state index contributed by atoms with van der Waals surface area (Å²) in [6, 6.07) is 4.89. The molecule has 0 atom stereocenters. The summed E-state index contributed by atoms with van der Waals surface area (Å²) in [5.41, 5.74) is 12.8. The Morgan fingerprint density at radius 3 is 1.78 bits per heavy atom. The molecule has 4 nitrogen and oxygen atoms in total. The van der Waals surface area contributed by atoms with E-state index in [1.807, 2.05) is 0 Å². The van der Waals surface area contributed by atoms with Crippen LogP contribution in [0.5, 0.6) is 0 Å². The number of hydrogen-bond acceptors (Lipinski definition) is 4. The maximum atomic E-state index is 12.0. The monoisotopic (exact) mass is 376 g/mol. The lowest BCUT2D eigenvalue weighted by Gasteiger charge is -2.08. The summed E-state index contributed by atoms with van der Waals surface area (Å²) in [5.74, 6) is -0.380. The second-order valence-electron chi connectivity index (χ2n) is 7.58. The first-order chi connectivity index (χ1) is 13.1. The summed E-state index contributed by atoms with van der Waals surface area (Å²) in [6.45, 7) is 2.72. The van der Waals surface area contributed by atoms with Gasteiger partial charge in [0.2, 0.25) is 0 Å². The van der Waals surface area contributed by atoms with Crippen LogP contribution in [0.4, 0.5) is 11.4 Å². The first kappa shape index (κ1) is 23.3. The van der Waals surface area contributed by atoms with Crippen LogP contribution in [0.1, 0.15) is 107 Å². The van der Waals surface area contributed by atoms with Crippen molar-refractivity contribution in [3.8, 4) is 0 Å². The maximum Gasteiger partial charge on any atom is 0.340 e. The molecule has 1 aromatic rings. The summed E-state index contributed by atoms with van der Waals surface area (Å²) in [7, 11) is 0. The summed E-state index contributed by atoms with van der Waals surface area (Å²) in [6.07, 6.45) is 18.4. The molecule has 0 aromatic heterocycles. The van der Waals surface area contributed by atoms with E-state index in [4.69, 9.17) is 16.2 Å². The lowest BCUT2D eigenvalue weighted by Crippen LogP contribution is -2.09. The van der Waals surface area contributed by atoms with Crippen LogP contribution in [0.2, 0.25) is 0 Å². The average molecular weight is 377 g/mol. The Balaban J connectivity index is 1.89. The number of nitrogen functional groups attached to an aromatic ring is 2. The topological polar surface area (TPSA) is 78.3 Å². The molecule has 0 amide bonds. The lowest BCUT2D eigenvalue weighted by atomic mass is 10.0. The molecule has 0 saturated heterocycles. The van der Waals surface area contributed by atoms with Gasteiger partial charge >= 0.3 is 5.97 Å². The molecular formula is C23H40N2O2. The summed E-state index contributed by atoms with van der Waals surface area (Å²) in [4.78, 5) is 12.0. The third kappa shape index (κ3) is 11.6. The van der Waals surface area contributed by atoms with E-state index >= 15 is 0 Å². The van der Waals surface area contributed by atoms with Crippen molar-refractivity contribution in [3.05, 3.63) is 23.8 Å². The molecule has 0 aliphatic rings. The van der Waals surface area contributed by atoms with Gasteiger partial charge in [0.15, 0.2) is 0 Å². The van der Waals surface area contributed by atoms with Crippen LogP contribution in [0.3, 0.4) is 0 Å². The summed E-state index contributed by atoms with van der Waals surface area (Å²) < 4.78 is 5.30. The number of anilines is 2. The number of unbranched alkanes of at least 4 members (excludes halogenated alkanes) is 13. The van der Waals surface area contributed by atoms with Crippen molar-refractivity contribution in [1.29, 1.82) is 0 Å². The van der Waals surface area contributed by atoms with Crippen LogP contribution in [0.25, 0.3) is 0 Å². The molecular weight excluding hydrogens is 336 g/mol. The van der Waals surface area contributed by atoms with E-state index in [-0.39, 0.29) is 5.97 Å². The highest BCUT2D eigenvalue weighted by Crippen LogP contribution is 2.17. The number of nitrogens with two attached hydrogens (primary N) is 2. The number of ether oxygens (including phenoxy) is 1. The molecule has 4 heteroatoms. The summed E-state index contributed by atoms with van der Waals surface area (Å²) in [5, 5.41) is 0. The van der Waals surface area contributed by atoms with Crippen molar-refractivity contribution < 1.29 is 9.53 Å². The molecule has 0 saturated carbocycles. The van der Waals surface area contributed by atoms with Gasteiger partial charge in [-0.2, -0.15) is 0 Å². The predicted octanol–water partition coefficient (Wildman–Crippen LogP) is 6.49. The van der Waals surface area contributed by atoms with Crippen LogP contribution in [0.15, 0.2) is 18.2 Å². The molecule has 0 spiro atoms. The van der Waals surface area contributed by atoms with Crippen molar-refractivity contribution in [3.63, 3.8) is 0 Å². The van der Waals surface area contributed by atoms with Gasteiger partial charge in [-0.1, -0.05) is 90.4 Å². The lowest BCUT2D eigenvalue weighted by molar-refractivity contribution is 0.0499. The quantitative estimate of drug-likeness (QED) is 0.196. The van der Waals surface area contributed by atoms with Gasteiger partial charge in [-0.25, -0.2) is 4.79 Å². The largest absolute Gasteiger partial charge is 0.462 e. The maximum absolute atomic E-state index is 12.0. The number of hydrogen-bond donors (Lipinski definition) is 2. The molecule has 0 aliphatic heterocycles. The van der Waals surface area contributed by atoms with E-state index in [1.165, 1.54) is 77.0 Å². The van der Waals surface area contributed by atoms with Crippen molar-refractivity contribution in [2.45, 2.75) is 96.8 Å². The van der Waals surface area contributed by atoms with E-state index in [1.54, 1.807) is 18.2 Å². The first-order valence-corrected chi connectivity index (χ1v) is 11.0. The van der Waals surface area contributed by atoms with Crippen molar-refractivity contribution in [2.24, 2.45) is 0 Å². The van der Waals surface area contributed by atoms with Crippen molar-refractivity contribution >= 4 is 17.3 Å². The third-order valence-corrected chi connectivity index (χ3v) is 5.03. The zero-order valence-electron chi connectivity index (χ0n) is 17.3. The van der Waals surface area contributed by atoms with E-state index in [0.717, 1.165) is 12.8 Å². The molecule has 0 unspecified atom stereocenters. The Morgan fingerprint density at radius 2 is 1.26 bits per heavy atom. The van der Waals surface area contributed by atoms with Gasteiger partial charge in [0.1, 0.15) is 0 Å². The zero-order valence-corrected chi connectivity index (χ0v) is 17.3. The van der Waals surface area contributed by atoms with Crippen molar-refractivity contribution in [2.75, 3.05) is 18.1 Å². The molecule has 4 N–H and O–H groups in total. The first-order valence-electron chi connectivity index (χ1n) is 11.0. The van der Waals surface area contributed by atoms with E-state index in [9.17, 15) is 4.79 Å². The molecule has 1 aromatic carbocycles. The van der Waals surface area contributed by atoms with Gasteiger partial charge in [0.25, 0.3) is 0 Å².